The number of hydrogen-bond acceptors (Lipinski definition) is 5. The Bertz CT molecular complexity index is 962. The number of carbonyl (C=O) groups excluding carboxylic acids is 2. The second-order valence-electron chi connectivity index (χ2n) is 5.87. The zero-order valence-corrected chi connectivity index (χ0v) is 14.5. The molecule has 0 radical (unpaired) electrons. The molecule has 0 spiro atoms. The number of methoxy groups -OCH3 is 1. The number of aromatic nitrogens is 3. The maximum atomic E-state index is 11.9. The minimum Gasteiger partial charge on any atom is -0.468 e. The SMILES string of the molecule is COC(=O)CNC(=O)CCc1c(C)nc2c3ccccc3nn2c1C. The van der Waals surface area contributed by atoms with Gasteiger partial charge in [-0.2, -0.15) is 5.10 Å². The van der Waals surface area contributed by atoms with Gasteiger partial charge >= 0.3 is 5.97 Å². The Kier molecular flexibility index (Phi) is 4.65. The highest BCUT2D eigenvalue weighted by molar-refractivity contribution is 5.92. The van der Waals surface area contributed by atoms with Crippen LogP contribution in [0, 0.1) is 13.8 Å². The molecular weight excluding hydrogens is 320 g/mol. The van der Waals surface area contributed by atoms with Crippen LogP contribution in [0.2, 0.25) is 0 Å². The summed E-state index contributed by atoms with van der Waals surface area (Å²) in [5, 5.41) is 8.16. The largest absolute Gasteiger partial charge is 0.468 e. The number of nitrogens with one attached hydrogen (secondary N) is 1. The topological polar surface area (TPSA) is 85.6 Å². The monoisotopic (exact) mass is 340 g/mol. The molecule has 0 atom stereocenters. The molecular formula is C18H20N4O3. The van der Waals surface area contributed by atoms with Gasteiger partial charge in [-0.25, -0.2) is 9.50 Å². The zero-order valence-electron chi connectivity index (χ0n) is 14.5. The fourth-order valence-corrected chi connectivity index (χ4v) is 2.91. The molecule has 25 heavy (non-hydrogen) atoms. The molecule has 3 rings (SSSR count). The highest BCUT2D eigenvalue weighted by Crippen LogP contribution is 2.22. The van der Waals surface area contributed by atoms with Gasteiger partial charge in [0.1, 0.15) is 6.54 Å². The van der Waals surface area contributed by atoms with E-state index in [1.807, 2.05) is 42.6 Å². The van der Waals surface area contributed by atoms with Crippen LogP contribution in [-0.2, 0) is 20.7 Å². The molecule has 0 aliphatic heterocycles. The van der Waals surface area contributed by atoms with Gasteiger partial charge in [-0.1, -0.05) is 12.1 Å². The Balaban J connectivity index is 1.83. The number of esters is 1. The highest BCUT2D eigenvalue weighted by Gasteiger charge is 2.15. The smallest absolute Gasteiger partial charge is 0.325 e. The molecule has 0 aliphatic carbocycles. The van der Waals surface area contributed by atoms with Crippen LogP contribution in [0.4, 0.5) is 0 Å². The van der Waals surface area contributed by atoms with Crippen molar-refractivity contribution < 1.29 is 14.3 Å². The average Bonchev–Trinajstić information content (AvgIpc) is 2.98. The van der Waals surface area contributed by atoms with Crippen molar-refractivity contribution in [1.82, 2.24) is 19.9 Å². The minimum absolute atomic E-state index is 0.116. The van der Waals surface area contributed by atoms with E-state index in [1.165, 1.54) is 7.11 Å². The molecule has 3 aromatic rings. The lowest BCUT2D eigenvalue weighted by Gasteiger charge is -2.11. The molecule has 7 heteroatoms. The number of carbonyl (C=O) groups is 2. The molecule has 2 aromatic heterocycles. The van der Waals surface area contributed by atoms with Gasteiger partial charge in [-0.05, 0) is 38.0 Å². The van der Waals surface area contributed by atoms with Crippen LogP contribution >= 0.6 is 0 Å². The maximum Gasteiger partial charge on any atom is 0.325 e. The van der Waals surface area contributed by atoms with Crippen molar-refractivity contribution in [3.63, 3.8) is 0 Å². The quantitative estimate of drug-likeness (QED) is 0.715. The molecule has 130 valence electrons. The Labute approximate surface area is 145 Å². The lowest BCUT2D eigenvalue weighted by Crippen LogP contribution is -2.30. The van der Waals surface area contributed by atoms with Gasteiger partial charge in [0.25, 0.3) is 0 Å². The highest BCUT2D eigenvalue weighted by atomic mass is 16.5. The van der Waals surface area contributed by atoms with Crippen LogP contribution in [0.1, 0.15) is 23.4 Å². The van der Waals surface area contributed by atoms with Crippen molar-refractivity contribution in [3.05, 3.63) is 41.2 Å². The summed E-state index contributed by atoms with van der Waals surface area (Å²) in [6, 6.07) is 7.88. The van der Waals surface area contributed by atoms with E-state index in [4.69, 9.17) is 0 Å². The lowest BCUT2D eigenvalue weighted by atomic mass is 10.1. The first kappa shape index (κ1) is 16.9. The van der Waals surface area contributed by atoms with E-state index >= 15 is 0 Å². The molecule has 0 saturated heterocycles. The van der Waals surface area contributed by atoms with Crippen molar-refractivity contribution in [2.24, 2.45) is 0 Å². The number of benzene rings is 1. The van der Waals surface area contributed by atoms with Gasteiger partial charge in [0, 0.05) is 23.2 Å². The molecule has 0 aliphatic rings. The zero-order chi connectivity index (χ0) is 18.0. The minimum atomic E-state index is -0.466. The normalized spacial score (nSPS) is 11.0. The van der Waals surface area contributed by atoms with Crippen molar-refractivity contribution in [2.75, 3.05) is 13.7 Å². The fraction of sp³-hybridized carbons (Fsp3) is 0.333. The fourth-order valence-electron chi connectivity index (χ4n) is 2.91. The number of fused-ring (bicyclic) bond motifs is 3. The summed E-state index contributed by atoms with van der Waals surface area (Å²) in [5.74, 6) is -0.665. The Morgan fingerprint density at radius 2 is 2.00 bits per heavy atom. The number of hydrogen-bond donors (Lipinski definition) is 1. The summed E-state index contributed by atoms with van der Waals surface area (Å²) in [4.78, 5) is 27.7. The van der Waals surface area contributed by atoms with Gasteiger partial charge in [-0.15, -0.1) is 0 Å². The standard InChI is InChI=1S/C18H20N4O3/c1-11-13(8-9-16(23)19-10-17(24)25-3)12(2)22-18(20-11)14-6-4-5-7-15(14)21-22/h4-7H,8-10H2,1-3H3,(H,19,23). The van der Waals surface area contributed by atoms with E-state index in [2.05, 4.69) is 20.1 Å². The second-order valence-corrected chi connectivity index (χ2v) is 5.87. The van der Waals surface area contributed by atoms with Gasteiger partial charge in [0.15, 0.2) is 5.65 Å². The predicted octanol–water partition coefficient (Wildman–Crippen LogP) is 1.72. The molecule has 1 aromatic carbocycles. The van der Waals surface area contributed by atoms with Crippen LogP contribution in [0.25, 0.3) is 16.6 Å². The first-order valence-electron chi connectivity index (χ1n) is 8.08. The Hall–Kier alpha value is -2.96. The summed E-state index contributed by atoms with van der Waals surface area (Å²) in [6.45, 7) is 3.81. The Morgan fingerprint density at radius 3 is 2.76 bits per heavy atom. The van der Waals surface area contributed by atoms with Crippen LogP contribution in [0.5, 0.6) is 0 Å². The van der Waals surface area contributed by atoms with Crippen molar-refractivity contribution in [3.8, 4) is 0 Å². The number of nitrogens with zero attached hydrogens (tertiary/aromatic N) is 3. The third kappa shape index (κ3) is 3.31. The summed E-state index contributed by atoms with van der Waals surface area (Å²) < 4.78 is 6.34. The van der Waals surface area contributed by atoms with E-state index in [-0.39, 0.29) is 18.9 Å². The van der Waals surface area contributed by atoms with Crippen LogP contribution < -0.4 is 5.32 Å². The van der Waals surface area contributed by atoms with E-state index in [0.29, 0.717) is 6.42 Å². The third-order valence-corrected chi connectivity index (χ3v) is 4.28. The number of ether oxygens (including phenoxy) is 1. The van der Waals surface area contributed by atoms with E-state index in [1.54, 1.807) is 0 Å². The van der Waals surface area contributed by atoms with Crippen LogP contribution in [-0.4, -0.2) is 40.1 Å². The third-order valence-electron chi connectivity index (χ3n) is 4.28. The summed E-state index contributed by atoms with van der Waals surface area (Å²) in [7, 11) is 1.29. The van der Waals surface area contributed by atoms with Gasteiger partial charge in [0.2, 0.25) is 5.91 Å². The average molecular weight is 340 g/mol. The summed E-state index contributed by atoms with van der Waals surface area (Å²) in [6.07, 6.45) is 0.802. The number of amides is 1. The molecule has 0 unspecified atom stereocenters. The van der Waals surface area contributed by atoms with E-state index < -0.39 is 5.97 Å². The maximum absolute atomic E-state index is 11.9. The molecule has 2 heterocycles. The molecule has 1 amide bonds. The van der Waals surface area contributed by atoms with Crippen molar-refractivity contribution in [1.29, 1.82) is 0 Å². The first-order valence-corrected chi connectivity index (χ1v) is 8.08. The van der Waals surface area contributed by atoms with Crippen LogP contribution in [0.3, 0.4) is 0 Å². The first-order chi connectivity index (χ1) is 12.0. The van der Waals surface area contributed by atoms with Gasteiger partial charge < -0.3 is 10.1 Å². The predicted molar refractivity (Wildman–Crippen MR) is 93.3 cm³/mol. The van der Waals surface area contributed by atoms with E-state index in [9.17, 15) is 9.59 Å². The molecule has 7 nitrogen and oxygen atoms in total. The molecule has 0 bridgehead atoms. The number of aryl methyl sites for hydroxylation is 2. The van der Waals surface area contributed by atoms with Gasteiger partial charge in [0.05, 0.1) is 12.6 Å². The molecule has 0 fully saturated rings. The van der Waals surface area contributed by atoms with E-state index in [0.717, 1.165) is 33.5 Å². The summed E-state index contributed by atoms with van der Waals surface area (Å²) in [5.41, 5.74) is 4.57. The lowest BCUT2D eigenvalue weighted by molar-refractivity contribution is -0.141. The van der Waals surface area contributed by atoms with Crippen molar-refractivity contribution in [2.45, 2.75) is 26.7 Å². The van der Waals surface area contributed by atoms with Crippen LogP contribution in [0.15, 0.2) is 24.3 Å². The Morgan fingerprint density at radius 1 is 1.24 bits per heavy atom. The summed E-state index contributed by atoms with van der Waals surface area (Å²) >= 11 is 0. The molecule has 1 N–H and O–H groups in total. The van der Waals surface area contributed by atoms with Gasteiger partial charge in [-0.3, -0.25) is 9.59 Å². The number of rotatable bonds is 5. The molecule has 0 saturated carbocycles. The van der Waals surface area contributed by atoms with Crippen molar-refractivity contribution >= 4 is 28.4 Å². The second kappa shape index (κ2) is 6.88.